The Labute approximate surface area is 165 Å². The summed E-state index contributed by atoms with van der Waals surface area (Å²) < 4.78 is 10.7. The minimum absolute atomic E-state index is 0.0349. The molecule has 0 spiro atoms. The number of benzene rings is 2. The molecule has 1 aliphatic heterocycles. The highest BCUT2D eigenvalue weighted by molar-refractivity contribution is 6.04. The quantitative estimate of drug-likeness (QED) is 0.798. The largest absolute Gasteiger partial charge is 0.497 e. The van der Waals surface area contributed by atoms with Gasteiger partial charge in [0.05, 0.1) is 20.8 Å². The third-order valence-electron chi connectivity index (χ3n) is 5.14. The Balaban J connectivity index is 1.96. The molecule has 2 aromatic rings. The van der Waals surface area contributed by atoms with Crippen molar-refractivity contribution in [2.24, 2.45) is 0 Å². The molecule has 0 aliphatic carbocycles. The first-order chi connectivity index (χ1) is 13.5. The Morgan fingerprint density at radius 2 is 1.93 bits per heavy atom. The number of rotatable bonds is 7. The lowest BCUT2D eigenvalue weighted by atomic mass is 10.0. The number of amides is 2. The van der Waals surface area contributed by atoms with Crippen LogP contribution in [0, 0.1) is 0 Å². The predicted molar refractivity (Wildman–Crippen MR) is 106 cm³/mol. The van der Waals surface area contributed by atoms with Gasteiger partial charge in [-0.15, -0.1) is 0 Å². The first-order valence-electron chi connectivity index (χ1n) is 9.41. The molecule has 2 amide bonds. The highest BCUT2D eigenvalue weighted by atomic mass is 16.5. The van der Waals surface area contributed by atoms with Crippen molar-refractivity contribution < 1.29 is 19.1 Å². The van der Waals surface area contributed by atoms with E-state index in [9.17, 15) is 9.59 Å². The van der Waals surface area contributed by atoms with Gasteiger partial charge >= 0.3 is 0 Å². The van der Waals surface area contributed by atoms with Crippen molar-refractivity contribution in [3.63, 3.8) is 0 Å². The molecule has 2 aromatic carbocycles. The number of nitrogens with one attached hydrogen (secondary N) is 1. The van der Waals surface area contributed by atoms with Crippen LogP contribution >= 0.6 is 0 Å². The summed E-state index contributed by atoms with van der Waals surface area (Å²) in [4.78, 5) is 27.7. The number of carbonyl (C=O) groups is 2. The summed E-state index contributed by atoms with van der Waals surface area (Å²) in [5.41, 5.74) is 2.12. The molecule has 0 bridgehead atoms. The van der Waals surface area contributed by atoms with Gasteiger partial charge in [-0.25, -0.2) is 0 Å². The minimum atomic E-state index is -0.662. The molecule has 28 heavy (non-hydrogen) atoms. The fraction of sp³-hybridized carbons (Fsp3) is 0.364. The van der Waals surface area contributed by atoms with Crippen LogP contribution in [-0.2, 0) is 11.3 Å². The van der Waals surface area contributed by atoms with Crippen LogP contribution in [0.5, 0.6) is 11.5 Å². The maximum absolute atomic E-state index is 13.1. The van der Waals surface area contributed by atoms with E-state index >= 15 is 0 Å². The van der Waals surface area contributed by atoms with Crippen molar-refractivity contribution >= 4 is 11.8 Å². The average molecular weight is 382 g/mol. The molecule has 3 rings (SSSR count). The van der Waals surface area contributed by atoms with Crippen molar-refractivity contribution in [2.75, 3.05) is 14.2 Å². The van der Waals surface area contributed by atoms with Crippen molar-refractivity contribution in [1.29, 1.82) is 0 Å². The standard InChI is InChI=1S/C22H26N2O4/c1-5-14(2)23-21(25)20-17-8-6-7-9-18(17)22(26)24(20)13-15-10-11-16(27-3)12-19(15)28-4/h6-12,14,20H,5,13H2,1-4H3,(H,23,25)/t14-,20+/m0/s1. The molecule has 0 fully saturated rings. The molecular weight excluding hydrogens is 356 g/mol. The minimum Gasteiger partial charge on any atom is -0.497 e. The molecule has 6 heteroatoms. The fourth-order valence-electron chi connectivity index (χ4n) is 3.41. The Bertz CT molecular complexity index is 881. The summed E-state index contributed by atoms with van der Waals surface area (Å²) in [6.45, 7) is 4.23. The summed E-state index contributed by atoms with van der Waals surface area (Å²) in [7, 11) is 3.16. The molecule has 0 unspecified atom stereocenters. The van der Waals surface area contributed by atoms with Crippen LogP contribution in [0.2, 0.25) is 0 Å². The third kappa shape index (κ3) is 3.67. The number of methoxy groups -OCH3 is 2. The highest BCUT2D eigenvalue weighted by Crippen LogP contribution is 2.37. The summed E-state index contributed by atoms with van der Waals surface area (Å²) in [6, 6.07) is 12.1. The summed E-state index contributed by atoms with van der Waals surface area (Å²) >= 11 is 0. The second-order valence-electron chi connectivity index (χ2n) is 6.92. The summed E-state index contributed by atoms with van der Waals surface area (Å²) in [6.07, 6.45) is 0.820. The highest BCUT2D eigenvalue weighted by Gasteiger charge is 2.41. The third-order valence-corrected chi connectivity index (χ3v) is 5.14. The number of nitrogens with zero attached hydrogens (tertiary/aromatic N) is 1. The lowest BCUT2D eigenvalue weighted by Gasteiger charge is -2.26. The molecule has 0 saturated heterocycles. The van der Waals surface area contributed by atoms with Crippen molar-refractivity contribution in [1.82, 2.24) is 10.2 Å². The van der Waals surface area contributed by atoms with Gasteiger partial charge in [0.25, 0.3) is 5.91 Å². The lowest BCUT2D eigenvalue weighted by Crippen LogP contribution is -2.42. The maximum atomic E-state index is 13.1. The van der Waals surface area contributed by atoms with Gasteiger partial charge in [-0.05, 0) is 37.1 Å². The van der Waals surface area contributed by atoms with Crippen molar-refractivity contribution in [3.05, 3.63) is 59.2 Å². The number of ether oxygens (including phenoxy) is 2. The molecule has 1 aliphatic rings. The fourth-order valence-corrected chi connectivity index (χ4v) is 3.41. The lowest BCUT2D eigenvalue weighted by molar-refractivity contribution is -0.126. The van der Waals surface area contributed by atoms with Gasteiger partial charge in [0, 0.05) is 23.2 Å². The number of hydrogen-bond donors (Lipinski definition) is 1. The predicted octanol–water partition coefficient (Wildman–Crippen LogP) is 3.32. The first kappa shape index (κ1) is 19.7. The molecule has 1 N–H and O–H groups in total. The van der Waals surface area contributed by atoms with Gasteiger partial charge in [-0.2, -0.15) is 0 Å². The summed E-state index contributed by atoms with van der Waals surface area (Å²) in [5.74, 6) is 0.963. The zero-order valence-corrected chi connectivity index (χ0v) is 16.7. The second-order valence-corrected chi connectivity index (χ2v) is 6.92. The van der Waals surface area contributed by atoms with Gasteiger partial charge < -0.3 is 19.7 Å². The van der Waals surface area contributed by atoms with Gasteiger partial charge in [0.2, 0.25) is 5.91 Å². The van der Waals surface area contributed by atoms with Crippen molar-refractivity contribution in [2.45, 2.75) is 38.9 Å². The molecule has 0 saturated carbocycles. The van der Waals surface area contributed by atoms with Crippen LogP contribution in [0.15, 0.2) is 42.5 Å². The van der Waals surface area contributed by atoms with Crippen LogP contribution < -0.4 is 14.8 Å². The average Bonchev–Trinajstić information content (AvgIpc) is 3.00. The first-order valence-corrected chi connectivity index (χ1v) is 9.41. The second kappa shape index (κ2) is 8.33. The van der Waals surface area contributed by atoms with Crippen LogP contribution in [0.25, 0.3) is 0 Å². The van der Waals surface area contributed by atoms with E-state index in [0.29, 0.717) is 17.1 Å². The topological polar surface area (TPSA) is 67.9 Å². The Kier molecular flexibility index (Phi) is 5.87. The molecule has 148 valence electrons. The number of carbonyl (C=O) groups excluding carboxylic acids is 2. The maximum Gasteiger partial charge on any atom is 0.255 e. The normalized spacial score (nSPS) is 16.5. The van der Waals surface area contributed by atoms with E-state index in [4.69, 9.17) is 9.47 Å². The van der Waals surface area contributed by atoms with Gasteiger partial charge in [0.15, 0.2) is 0 Å². The SMILES string of the molecule is CC[C@H](C)NC(=O)[C@H]1c2ccccc2C(=O)N1Cc1ccc(OC)cc1OC. The Hall–Kier alpha value is -3.02. The van der Waals surface area contributed by atoms with Gasteiger partial charge in [-0.1, -0.05) is 25.1 Å². The van der Waals surface area contributed by atoms with E-state index in [2.05, 4.69) is 5.32 Å². The van der Waals surface area contributed by atoms with E-state index in [1.807, 2.05) is 44.2 Å². The van der Waals surface area contributed by atoms with E-state index in [0.717, 1.165) is 17.5 Å². The monoisotopic (exact) mass is 382 g/mol. The molecule has 2 atom stereocenters. The Morgan fingerprint density at radius 3 is 2.61 bits per heavy atom. The smallest absolute Gasteiger partial charge is 0.255 e. The molecular formula is C22H26N2O4. The zero-order chi connectivity index (χ0) is 20.3. The summed E-state index contributed by atoms with van der Waals surface area (Å²) in [5, 5.41) is 3.01. The molecule has 1 heterocycles. The van der Waals surface area contributed by atoms with E-state index in [-0.39, 0.29) is 24.4 Å². The molecule has 0 aromatic heterocycles. The van der Waals surface area contributed by atoms with Crippen LogP contribution in [0.3, 0.4) is 0 Å². The zero-order valence-electron chi connectivity index (χ0n) is 16.7. The number of fused-ring (bicyclic) bond motifs is 1. The number of hydrogen-bond acceptors (Lipinski definition) is 4. The molecule has 0 radical (unpaired) electrons. The van der Waals surface area contributed by atoms with E-state index < -0.39 is 6.04 Å². The van der Waals surface area contributed by atoms with Crippen LogP contribution in [0.1, 0.15) is 47.8 Å². The van der Waals surface area contributed by atoms with E-state index in [1.54, 1.807) is 31.3 Å². The van der Waals surface area contributed by atoms with Gasteiger partial charge in [-0.3, -0.25) is 9.59 Å². The van der Waals surface area contributed by atoms with Crippen LogP contribution in [0.4, 0.5) is 0 Å². The van der Waals surface area contributed by atoms with Crippen molar-refractivity contribution in [3.8, 4) is 11.5 Å². The Morgan fingerprint density at radius 1 is 1.18 bits per heavy atom. The van der Waals surface area contributed by atoms with Gasteiger partial charge in [0.1, 0.15) is 17.5 Å². The van der Waals surface area contributed by atoms with E-state index in [1.165, 1.54) is 0 Å². The molecule has 6 nitrogen and oxygen atoms in total. The van der Waals surface area contributed by atoms with Crippen LogP contribution in [-0.4, -0.2) is 37.0 Å².